The van der Waals surface area contributed by atoms with Gasteiger partial charge in [-0.25, -0.2) is 14.2 Å². The average Bonchev–Trinajstić information content (AvgIpc) is 3.67. The van der Waals surface area contributed by atoms with Gasteiger partial charge >= 0.3 is 5.69 Å². The number of anilines is 1. The first-order chi connectivity index (χ1) is 22.5. The predicted octanol–water partition coefficient (Wildman–Crippen LogP) is 4.03. The number of rotatable bonds is 8. The Morgan fingerprint density at radius 1 is 1.13 bits per heavy atom. The fourth-order valence-corrected chi connectivity index (χ4v) is 6.76. The number of aryl methyl sites for hydroxylation is 2. The van der Waals surface area contributed by atoms with E-state index in [1.807, 2.05) is 12.1 Å². The number of hydrogen-bond donors (Lipinski definition) is 3. The van der Waals surface area contributed by atoms with E-state index in [-0.39, 0.29) is 39.8 Å². The van der Waals surface area contributed by atoms with E-state index >= 15 is 4.39 Å². The number of benzene rings is 2. The zero-order valence-electron chi connectivity index (χ0n) is 26.4. The zero-order valence-corrected chi connectivity index (χ0v) is 27.1. The van der Waals surface area contributed by atoms with Gasteiger partial charge in [0.25, 0.3) is 11.5 Å². The van der Waals surface area contributed by atoms with Crippen molar-refractivity contribution < 1.29 is 18.7 Å². The van der Waals surface area contributed by atoms with Gasteiger partial charge in [-0.15, -0.1) is 0 Å². The fraction of sp³-hybridized carbons (Fsp3) is 0.324. The van der Waals surface area contributed by atoms with Gasteiger partial charge in [-0.05, 0) is 55.5 Å². The van der Waals surface area contributed by atoms with Crippen molar-refractivity contribution in [2.45, 2.75) is 44.7 Å². The number of carbonyl (C=O) groups excluding carboxylic acids is 2. The van der Waals surface area contributed by atoms with E-state index < -0.39 is 23.0 Å². The molecular weight excluding hydrogens is 627 g/mol. The summed E-state index contributed by atoms with van der Waals surface area (Å²) in [5.74, 6) is -0.742. The third kappa shape index (κ3) is 5.94. The molecule has 2 atom stereocenters. The first-order valence-electron chi connectivity index (χ1n) is 15.2. The molecule has 1 saturated heterocycles. The largest absolute Gasteiger partial charge is 0.481 e. The summed E-state index contributed by atoms with van der Waals surface area (Å²) in [5, 5.41) is 9.51. The molecule has 244 valence electrons. The Labute approximate surface area is 274 Å². The van der Waals surface area contributed by atoms with Crippen molar-refractivity contribution in [2.24, 2.45) is 14.1 Å². The number of nitrogens with one attached hydrogen (secondary N) is 3. The molecule has 47 heavy (non-hydrogen) atoms. The van der Waals surface area contributed by atoms with Crippen LogP contribution in [0.15, 0.2) is 52.2 Å². The molecule has 0 spiro atoms. The van der Waals surface area contributed by atoms with E-state index in [0.717, 1.165) is 39.5 Å². The van der Waals surface area contributed by atoms with Gasteiger partial charge in [-0.3, -0.25) is 19.0 Å². The molecule has 0 bridgehead atoms. The Bertz CT molecular complexity index is 2060. The molecule has 3 heterocycles. The second-order valence-electron chi connectivity index (χ2n) is 11.9. The van der Waals surface area contributed by atoms with E-state index in [2.05, 4.69) is 16.0 Å². The monoisotopic (exact) mass is 660 g/mol. The van der Waals surface area contributed by atoms with Crippen LogP contribution in [0.1, 0.15) is 52.4 Å². The molecule has 6 rings (SSSR count). The number of amides is 2. The Morgan fingerprint density at radius 2 is 1.89 bits per heavy atom. The number of aromatic nitrogens is 3. The Balaban J connectivity index is 1.32. The summed E-state index contributed by atoms with van der Waals surface area (Å²) in [6.45, 7) is 2.30. The molecule has 2 unspecified atom stereocenters. The van der Waals surface area contributed by atoms with E-state index in [9.17, 15) is 19.2 Å². The number of pyridine rings is 1. The summed E-state index contributed by atoms with van der Waals surface area (Å²) in [6, 6.07) is 10.00. The van der Waals surface area contributed by atoms with Crippen LogP contribution in [0, 0.1) is 12.7 Å². The van der Waals surface area contributed by atoms with Gasteiger partial charge in [-0.1, -0.05) is 29.8 Å². The highest BCUT2D eigenvalue weighted by atomic mass is 35.5. The summed E-state index contributed by atoms with van der Waals surface area (Å²) in [5.41, 5.74) is 2.90. The lowest BCUT2D eigenvalue weighted by Gasteiger charge is -2.20. The highest BCUT2D eigenvalue weighted by Gasteiger charge is 2.30. The molecule has 2 amide bonds. The van der Waals surface area contributed by atoms with E-state index in [4.69, 9.17) is 21.3 Å². The average molecular weight is 661 g/mol. The van der Waals surface area contributed by atoms with Crippen LogP contribution in [-0.2, 0) is 25.3 Å². The van der Waals surface area contributed by atoms with Crippen LogP contribution in [0.25, 0.3) is 22.4 Å². The van der Waals surface area contributed by atoms with Crippen molar-refractivity contribution in [3.8, 4) is 28.3 Å². The fourth-order valence-electron chi connectivity index (χ4n) is 6.44. The maximum absolute atomic E-state index is 15.5. The summed E-state index contributed by atoms with van der Waals surface area (Å²) < 4.78 is 23.3. The first-order valence-corrected chi connectivity index (χ1v) is 15.6. The summed E-state index contributed by atoms with van der Waals surface area (Å²) in [4.78, 5) is 54.3. The highest BCUT2D eigenvalue weighted by molar-refractivity contribution is 6.36. The van der Waals surface area contributed by atoms with Crippen LogP contribution in [0.2, 0.25) is 5.02 Å². The predicted molar refractivity (Wildman–Crippen MR) is 176 cm³/mol. The molecule has 2 aliphatic rings. The van der Waals surface area contributed by atoms with Crippen LogP contribution in [0.4, 0.5) is 10.1 Å². The molecule has 11 nitrogen and oxygen atoms in total. The van der Waals surface area contributed by atoms with Crippen molar-refractivity contribution in [2.75, 3.05) is 19.0 Å². The second kappa shape index (κ2) is 12.8. The number of hydrogen-bond acceptors (Lipinski definition) is 7. The van der Waals surface area contributed by atoms with E-state index in [1.54, 1.807) is 26.2 Å². The molecule has 4 aromatic rings. The van der Waals surface area contributed by atoms with Gasteiger partial charge in [0, 0.05) is 73.3 Å². The molecule has 1 aliphatic carbocycles. The Kier molecular flexibility index (Phi) is 8.73. The van der Waals surface area contributed by atoms with Crippen LogP contribution in [0.3, 0.4) is 0 Å². The molecule has 3 N–H and O–H groups in total. The third-order valence-corrected chi connectivity index (χ3v) is 9.35. The van der Waals surface area contributed by atoms with Gasteiger partial charge in [0.2, 0.25) is 11.8 Å². The number of fused-ring (bicyclic) bond motifs is 1. The van der Waals surface area contributed by atoms with Gasteiger partial charge in [-0.2, -0.15) is 0 Å². The molecule has 1 aliphatic heterocycles. The molecule has 0 radical (unpaired) electrons. The van der Waals surface area contributed by atoms with Crippen LogP contribution in [-0.4, -0.2) is 45.6 Å². The molecule has 2 aromatic carbocycles. The molecule has 0 saturated carbocycles. The minimum Gasteiger partial charge on any atom is -0.481 e. The lowest BCUT2D eigenvalue weighted by molar-refractivity contribution is -0.119. The number of methoxy groups -OCH3 is 1. The van der Waals surface area contributed by atoms with Crippen molar-refractivity contribution >= 4 is 29.1 Å². The lowest BCUT2D eigenvalue weighted by Crippen LogP contribution is -2.40. The maximum Gasteiger partial charge on any atom is 0.330 e. The molecule has 13 heteroatoms. The third-order valence-electron chi connectivity index (χ3n) is 8.95. The van der Waals surface area contributed by atoms with Gasteiger partial charge in [0.05, 0.1) is 17.8 Å². The zero-order chi connectivity index (χ0) is 33.6. The summed E-state index contributed by atoms with van der Waals surface area (Å²) in [6.07, 6.45) is 4.16. The van der Waals surface area contributed by atoms with Crippen molar-refractivity contribution in [1.29, 1.82) is 0 Å². The molecule has 2 aromatic heterocycles. The standard InChI is InChI=1S/C34H34ClFN6O5/c1-17-24(39-31(44)22-16-41(2)34(46)42(3)33(22)45)12-10-23(36)28(17)21-7-5-6-20(30(21)35)26-14-18-8-11-25(29(18)32(40-26)47-4)37-15-19-9-13-27(43)38-19/h5-7,10,12,14,16,19,25,37H,8-9,11,13,15H2,1-4H3,(H,38,43)(H,39,44). The van der Waals surface area contributed by atoms with Gasteiger partial charge in [0.15, 0.2) is 0 Å². The second-order valence-corrected chi connectivity index (χ2v) is 12.3. The first kappa shape index (κ1) is 32.1. The minimum absolute atomic E-state index is 0.0245. The summed E-state index contributed by atoms with van der Waals surface area (Å²) in [7, 11) is 4.30. The highest BCUT2D eigenvalue weighted by Crippen LogP contribution is 2.43. The summed E-state index contributed by atoms with van der Waals surface area (Å²) >= 11 is 7.00. The number of nitrogens with zero attached hydrogens (tertiary/aromatic N) is 3. The van der Waals surface area contributed by atoms with Crippen LogP contribution >= 0.6 is 11.6 Å². The normalized spacial score (nSPS) is 17.0. The van der Waals surface area contributed by atoms with Crippen molar-refractivity contribution in [3.63, 3.8) is 0 Å². The topological polar surface area (TPSA) is 136 Å². The number of ether oxygens (including phenoxy) is 1. The number of halogens is 2. The van der Waals surface area contributed by atoms with Crippen LogP contribution < -0.4 is 31.9 Å². The van der Waals surface area contributed by atoms with E-state index in [0.29, 0.717) is 41.2 Å². The molecular formula is C34H34ClFN6O5. The van der Waals surface area contributed by atoms with Gasteiger partial charge in [0.1, 0.15) is 11.4 Å². The number of carbonyl (C=O) groups is 2. The Hall–Kier alpha value is -4.81. The van der Waals surface area contributed by atoms with Crippen LogP contribution in [0.5, 0.6) is 5.88 Å². The maximum atomic E-state index is 15.5. The quantitative estimate of drug-likeness (QED) is 0.260. The smallest absolute Gasteiger partial charge is 0.330 e. The minimum atomic E-state index is -0.747. The SMILES string of the molecule is COc1nc(-c2cccc(-c3c(F)ccc(NC(=O)c4cn(C)c(=O)n(C)c4=O)c3C)c2Cl)cc2c1C(NCC1CCC(=O)N1)CC2. The lowest BCUT2D eigenvalue weighted by atomic mass is 9.95. The van der Waals surface area contributed by atoms with Crippen molar-refractivity contribution in [1.82, 2.24) is 24.8 Å². The molecule has 1 fully saturated rings. The van der Waals surface area contributed by atoms with Crippen molar-refractivity contribution in [3.05, 3.63) is 96.5 Å². The Morgan fingerprint density at radius 3 is 2.62 bits per heavy atom. The van der Waals surface area contributed by atoms with E-state index in [1.165, 1.54) is 32.4 Å². The van der Waals surface area contributed by atoms with Gasteiger partial charge < -0.3 is 25.3 Å².